The Labute approximate surface area is 159 Å². The maximum absolute atomic E-state index is 5.68. The molecule has 0 fully saturated rings. The molecule has 4 rings (SSSR count). The highest BCUT2D eigenvalue weighted by atomic mass is 16.5. The van der Waals surface area contributed by atoms with Gasteiger partial charge in [-0.25, -0.2) is 15.0 Å². The summed E-state index contributed by atoms with van der Waals surface area (Å²) in [5, 5.41) is 0. The van der Waals surface area contributed by atoms with Crippen LogP contribution >= 0.6 is 0 Å². The minimum absolute atomic E-state index is 0.666. The number of methoxy groups -OCH3 is 2. The Morgan fingerprint density at radius 3 is 2.44 bits per heavy atom. The van der Waals surface area contributed by atoms with Gasteiger partial charge in [-0.05, 0) is 56.9 Å². The van der Waals surface area contributed by atoms with Gasteiger partial charge in [0, 0.05) is 22.5 Å². The molecule has 5 heteroatoms. The summed E-state index contributed by atoms with van der Waals surface area (Å²) in [4.78, 5) is 14.4. The second-order valence-corrected chi connectivity index (χ2v) is 6.73. The zero-order valence-electron chi connectivity index (χ0n) is 16.0. The Balaban J connectivity index is 1.96. The standard InChI is InChI=1S/C22H23N3O2/c1-14-8-6-12-18(23-14)22-24-17-11-5-4-9-15(17)20(25-22)16-10-7-13-19(26-2)21(16)27-3/h6-8,10,12-13H,4-5,9,11H2,1-3H3. The highest BCUT2D eigenvalue weighted by Crippen LogP contribution is 2.40. The van der Waals surface area contributed by atoms with Gasteiger partial charge in [0.25, 0.3) is 0 Å². The van der Waals surface area contributed by atoms with Crippen molar-refractivity contribution in [2.24, 2.45) is 0 Å². The van der Waals surface area contributed by atoms with Crippen LogP contribution < -0.4 is 9.47 Å². The predicted molar refractivity (Wildman–Crippen MR) is 105 cm³/mol. The Kier molecular flexibility index (Phi) is 4.75. The molecule has 27 heavy (non-hydrogen) atoms. The number of hydrogen-bond acceptors (Lipinski definition) is 5. The molecule has 0 aliphatic heterocycles. The number of ether oxygens (including phenoxy) is 2. The summed E-state index contributed by atoms with van der Waals surface area (Å²) in [7, 11) is 3.32. The Hall–Kier alpha value is -2.95. The molecule has 5 nitrogen and oxygen atoms in total. The summed E-state index contributed by atoms with van der Waals surface area (Å²) in [5.74, 6) is 2.07. The van der Waals surface area contributed by atoms with Crippen LogP contribution in [0.4, 0.5) is 0 Å². The number of benzene rings is 1. The van der Waals surface area contributed by atoms with Crippen LogP contribution in [-0.4, -0.2) is 29.2 Å². The molecule has 138 valence electrons. The molecule has 0 saturated heterocycles. The average Bonchev–Trinajstić information content (AvgIpc) is 2.72. The lowest BCUT2D eigenvalue weighted by molar-refractivity contribution is 0.356. The second kappa shape index (κ2) is 7.35. The number of rotatable bonds is 4. The summed E-state index contributed by atoms with van der Waals surface area (Å²) in [6, 6.07) is 11.8. The largest absolute Gasteiger partial charge is 0.493 e. The fraction of sp³-hybridized carbons (Fsp3) is 0.318. The highest BCUT2D eigenvalue weighted by Gasteiger charge is 2.23. The molecule has 0 amide bonds. The molecular formula is C22H23N3O2. The third-order valence-corrected chi connectivity index (χ3v) is 4.96. The Morgan fingerprint density at radius 2 is 1.67 bits per heavy atom. The second-order valence-electron chi connectivity index (χ2n) is 6.73. The summed E-state index contributed by atoms with van der Waals surface area (Å²) in [6.07, 6.45) is 4.25. The van der Waals surface area contributed by atoms with Crippen LogP contribution in [0.25, 0.3) is 22.8 Å². The van der Waals surface area contributed by atoms with Crippen LogP contribution in [0.3, 0.4) is 0 Å². The maximum Gasteiger partial charge on any atom is 0.178 e. The van der Waals surface area contributed by atoms with Crippen LogP contribution in [0.5, 0.6) is 11.5 Å². The van der Waals surface area contributed by atoms with Gasteiger partial charge >= 0.3 is 0 Å². The van der Waals surface area contributed by atoms with E-state index in [-0.39, 0.29) is 0 Å². The zero-order valence-corrected chi connectivity index (χ0v) is 16.0. The fourth-order valence-electron chi connectivity index (χ4n) is 3.67. The first-order chi connectivity index (χ1) is 13.2. The number of aryl methyl sites for hydroxylation is 2. The SMILES string of the molecule is COc1cccc(-c2nc(-c3cccc(C)n3)nc3c2CCCC3)c1OC. The van der Waals surface area contributed by atoms with E-state index in [0.29, 0.717) is 17.3 Å². The van der Waals surface area contributed by atoms with Crippen LogP contribution in [0.2, 0.25) is 0 Å². The third kappa shape index (κ3) is 3.25. The molecule has 0 spiro atoms. The van der Waals surface area contributed by atoms with Crippen LogP contribution in [0, 0.1) is 6.92 Å². The van der Waals surface area contributed by atoms with Crippen molar-refractivity contribution in [3.8, 4) is 34.3 Å². The lowest BCUT2D eigenvalue weighted by atomic mass is 9.91. The van der Waals surface area contributed by atoms with Crippen molar-refractivity contribution in [1.29, 1.82) is 0 Å². The molecule has 0 bridgehead atoms. The lowest BCUT2D eigenvalue weighted by Gasteiger charge is -2.21. The van der Waals surface area contributed by atoms with Gasteiger partial charge in [0.1, 0.15) is 5.69 Å². The van der Waals surface area contributed by atoms with Crippen molar-refractivity contribution in [3.63, 3.8) is 0 Å². The van der Waals surface area contributed by atoms with E-state index in [0.717, 1.165) is 54.0 Å². The summed E-state index contributed by atoms with van der Waals surface area (Å²) in [5.41, 5.74) is 5.94. The van der Waals surface area contributed by atoms with Gasteiger partial charge in [-0.3, -0.25) is 0 Å². The normalized spacial score (nSPS) is 13.1. The first-order valence-electron chi connectivity index (χ1n) is 9.26. The maximum atomic E-state index is 5.68. The molecule has 1 aliphatic rings. The number of pyridine rings is 1. The van der Waals surface area contributed by atoms with E-state index in [1.807, 2.05) is 43.3 Å². The molecule has 2 aromatic heterocycles. The number of para-hydroxylation sites is 1. The van der Waals surface area contributed by atoms with E-state index in [2.05, 4.69) is 4.98 Å². The lowest BCUT2D eigenvalue weighted by Crippen LogP contribution is -2.11. The van der Waals surface area contributed by atoms with Gasteiger partial charge in [0.2, 0.25) is 0 Å². The molecule has 0 radical (unpaired) electrons. The number of fused-ring (bicyclic) bond motifs is 1. The summed E-state index contributed by atoms with van der Waals surface area (Å²) < 4.78 is 11.2. The monoisotopic (exact) mass is 361 g/mol. The topological polar surface area (TPSA) is 57.1 Å². The van der Waals surface area contributed by atoms with Crippen molar-refractivity contribution in [3.05, 3.63) is 53.3 Å². The number of hydrogen-bond donors (Lipinski definition) is 0. The molecule has 3 aromatic rings. The van der Waals surface area contributed by atoms with Gasteiger partial charge in [-0.2, -0.15) is 0 Å². The van der Waals surface area contributed by atoms with E-state index in [4.69, 9.17) is 19.4 Å². The summed E-state index contributed by atoms with van der Waals surface area (Å²) in [6.45, 7) is 1.98. The van der Waals surface area contributed by atoms with Crippen molar-refractivity contribution >= 4 is 0 Å². The molecule has 0 atom stereocenters. The predicted octanol–water partition coefficient (Wildman–Crippen LogP) is 4.41. The quantitative estimate of drug-likeness (QED) is 0.689. The fourth-order valence-corrected chi connectivity index (χ4v) is 3.67. The molecule has 0 unspecified atom stereocenters. The number of aromatic nitrogens is 3. The first kappa shape index (κ1) is 17.5. The molecule has 0 N–H and O–H groups in total. The molecular weight excluding hydrogens is 338 g/mol. The zero-order chi connectivity index (χ0) is 18.8. The Bertz CT molecular complexity index is 985. The van der Waals surface area contributed by atoms with Gasteiger partial charge in [-0.15, -0.1) is 0 Å². The molecule has 2 heterocycles. The minimum Gasteiger partial charge on any atom is -0.493 e. The van der Waals surface area contributed by atoms with Gasteiger partial charge in [-0.1, -0.05) is 12.1 Å². The molecule has 1 aromatic carbocycles. The van der Waals surface area contributed by atoms with Gasteiger partial charge in [0.05, 0.1) is 19.9 Å². The first-order valence-corrected chi connectivity index (χ1v) is 9.26. The van der Waals surface area contributed by atoms with Crippen molar-refractivity contribution in [2.45, 2.75) is 32.6 Å². The smallest absolute Gasteiger partial charge is 0.178 e. The number of nitrogens with zero attached hydrogens (tertiary/aromatic N) is 3. The van der Waals surface area contributed by atoms with Crippen LogP contribution in [-0.2, 0) is 12.8 Å². The summed E-state index contributed by atoms with van der Waals surface area (Å²) >= 11 is 0. The van der Waals surface area contributed by atoms with Crippen LogP contribution in [0.1, 0.15) is 29.8 Å². The van der Waals surface area contributed by atoms with Crippen molar-refractivity contribution < 1.29 is 9.47 Å². The van der Waals surface area contributed by atoms with Crippen LogP contribution in [0.15, 0.2) is 36.4 Å². The van der Waals surface area contributed by atoms with E-state index < -0.39 is 0 Å². The molecule has 1 aliphatic carbocycles. The van der Waals surface area contributed by atoms with E-state index in [1.165, 1.54) is 5.56 Å². The molecule has 0 saturated carbocycles. The van der Waals surface area contributed by atoms with Crippen molar-refractivity contribution in [2.75, 3.05) is 14.2 Å². The van der Waals surface area contributed by atoms with E-state index >= 15 is 0 Å². The minimum atomic E-state index is 0.666. The average molecular weight is 361 g/mol. The van der Waals surface area contributed by atoms with Gasteiger partial charge in [0.15, 0.2) is 17.3 Å². The van der Waals surface area contributed by atoms with E-state index in [1.54, 1.807) is 14.2 Å². The highest BCUT2D eigenvalue weighted by molar-refractivity contribution is 5.75. The van der Waals surface area contributed by atoms with Gasteiger partial charge < -0.3 is 9.47 Å². The Morgan fingerprint density at radius 1 is 0.852 bits per heavy atom. The van der Waals surface area contributed by atoms with E-state index in [9.17, 15) is 0 Å². The van der Waals surface area contributed by atoms with Crippen molar-refractivity contribution in [1.82, 2.24) is 15.0 Å². The third-order valence-electron chi connectivity index (χ3n) is 4.96.